The van der Waals surface area contributed by atoms with Crippen molar-refractivity contribution in [1.82, 2.24) is 9.21 Å². The third-order valence-electron chi connectivity index (χ3n) is 4.27. The first-order valence-corrected chi connectivity index (χ1v) is 9.24. The molecule has 2 aliphatic rings. The Morgan fingerprint density at radius 2 is 1.95 bits per heavy atom. The third kappa shape index (κ3) is 3.02. The van der Waals surface area contributed by atoms with Gasteiger partial charge in [-0.15, -0.1) is 0 Å². The Bertz CT molecular complexity index is 647. The van der Waals surface area contributed by atoms with E-state index in [0.29, 0.717) is 38.2 Å². The molecule has 2 aliphatic heterocycles. The highest BCUT2D eigenvalue weighted by Crippen LogP contribution is 2.25. The lowest BCUT2D eigenvalue weighted by Crippen LogP contribution is -2.61. The molecular formula is C15H20N2O4S. The zero-order chi connectivity index (χ0) is 15.7. The van der Waals surface area contributed by atoms with E-state index in [1.54, 1.807) is 17.0 Å². The van der Waals surface area contributed by atoms with Crippen LogP contribution >= 0.6 is 0 Å². The number of carbonyl (C=O) groups is 1. The van der Waals surface area contributed by atoms with Crippen LogP contribution in [-0.2, 0) is 14.8 Å². The van der Waals surface area contributed by atoms with Crippen LogP contribution in [0.5, 0.6) is 0 Å². The molecule has 3 rings (SSSR count). The van der Waals surface area contributed by atoms with Crippen molar-refractivity contribution in [1.29, 1.82) is 0 Å². The third-order valence-corrected chi connectivity index (χ3v) is 5.57. The maximum atomic E-state index is 12.5. The van der Waals surface area contributed by atoms with E-state index in [4.69, 9.17) is 4.74 Å². The molecule has 2 saturated heterocycles. The molecule has 0 aliphatic carbocycles. The van der Waals surface area contributed by atoms with Crippen molar-refractivity contribution in [3.63, 3.8) is 0 Å². The number of sulfonamides is 1. The zero-order valence-electron chi connectivity index (χ0n) is 12.5. The molecule has 2 fully saturated rings. The molecule has 120 valence electrons. The molecule has 0 aromatic heterocycles. The van der Waals surface area contributed by atoms with Crippen LogP contribution in [0.1, 0.15) is 16.8 Å². The topological polar surface area (TPSA) is 66.9 Å². The summed E-state index contributed by atoms with van der Waals surface area (Å²) in [7, 11) is -3.29. The van der Waals surface area contributed by atoms with Gasteiger partial charge in [-0.25, -0.2) is 8.42 Å². The van der Waals surface area contributed by atoms with Gasteiger partial charge in [0, 0.05) is 25.2 Å². The Morgan fingerprint density at radius 3 is 2.64 bits per heavy atom. The van der Waals surface area contributed by atoms with Gasteiger partial charge < -0.3 is 9.64 Å². The van der Waals surface area contributed by atoms with Crippen molar-refractivity contribution >= 4 is 15.9 Å². The standard InChI is InChI=1S/C15H20N2O4S/c1-22(19,20)17-9-10-21-14-7-8-16(11-13(14)17)15(18)12-5-3-2-4-6-12/h2-6,13-14H,7-11H2,1H3/t13-,14-/m0/s1. The van der Waals surface area contributed by atoms with E-state index in [9.17, 15) is 13.2 Å². The van der Waals surface area contributed by atoms with E-state index in [1.165, 1.54) is 10.6 Å². The van der Waals surface area contributed by atoms with Gasteiger partial charge in [0.2, 0.25) is 10.0 Å². The van der Waals surface area contributed by atoms with Gasteiger partial charge in [-0.05, 0) is 18.6 Å². The quantitative estimate of drug-likeness (QED) is 0.797. The smallest absolute Gasteiger partial charge is 0.253 e. The van der Waals surface area contributed by atoms with Crippen molar-refractivity contribution in [2.24, 2.45) is 0 Å². The summed E-state index contributed by atoms with van der Waals surface area (Å²) < 4.78 is 31.1. The van der Waals surface area contributed by atoms with E-state index < -0.39 is 10.0 Å². The largest absolute Gasteiger partial charge is 0.375 e. The average Bonchev–Trinajstić information content (AvgIpc) is 2.53. The van der Waals surface area contributed by atoms with Crippen molar-refractivity contribution < 1.29 is 17.9 Å². The van der Waals surface area contributed by atoms with E-state index in [2.05, 4.69) is 0 Å². The molecule has 0 unspecified atom stereocenters. The number of hydrogen-bond donors (Lipinski definition) is 0. The van der Waals surface area contributed by atoms with E-state index in [1.807, 2.05) is 18.2 Å². The first kappa shape index (κ1) is 15.5. The lowest BCUT2D eigenvalue weighted by atomic mass is 10.00. The number of hydrogen-bond acceptors (Lipinski definition) is 4. The Labute approximate surface area is 130 Å². The van der Waals surface area contributed by atoms with Gasteiger partial charge in [0.25, 0.3) is 5.91 Å². The SMILES string of the molecule is CS(=O)(=O)N1CCO[C@H]2CCN(C(=O)c3ccccc3)C[C@@H]21. The number of ether oxygens (including phenoxy) is 1. The zero-order valence-corrected chi connectivity index (χ0v) is 13.3. The Morgan fingerprint density at radius 1 is 1.23 bits per heavy atom. The molecule has 0 bridgehead atoms. The van der Waals surface area contributed by atoms with E-state index >= 15 is 0 Å². The minimum atomic E-state index is -3.29. The van der Waals surface area contributed by atoms with Crippen LogP contribution in [0.15, 0.2) is 30.3 Å². The van der Waals surface area contributed by atoms with Crippen LogP contribution in [0, 0.1) is 0 Å². The number of rotatable bonds is 2. The van der Waals surface area contributed by atoms with Crippen LogP contribution in [0.25, 0.3) is 0 Å². The lowest BCUT2D eigenvalue weighted by Gasteiger charge is -2.45. The minimum Gasteiger partial charge on any atom is -0.375 e. The molecule has 1 amide bonds. The van der Waals surface area contributed by atoms with E-state index in [0.717, 1.165) is 0 Å². The summed E-state index contributed by atoms with van der Waals surface area (Å²) >= 11 is 0. The molecular weight excluding hydrogens is 304 g/mol. The summed E-state index contributed by atoms with van der Waals surface area (Å²) in [5.41, 5.74) is 0.628. The van der Waals surface area contributed by atoms with Crippen molar-refractivity contribution in [3.05, 3.63) is 35.9 Å². The number of nitrogens with zero attached hydrogens (tertiary/aromatic N) is 2. The minimum absolute atomic E-state index is 0.0573. The molecule has 7 heteroatoms. The number of fused-ring (bicyclic) bond motifs is 1. The molecule has 2 atom stereocenters. The molecule has 1 aromatic rings. The van der Waals surface area contributed by atoms with Crippen LogP contribution < -0.4 is 0 Å². The normalized spacial score (nSPS) is 26.5. The van der Waals surface area contributed by atoms with Gasteiger partial charge in [-0.2, -0.15) is 4.31 Å². The Balaban J connectivity index is 1.79. The van der Waals surface area contributed by atoms with Gasteiger partial charge >= 0.3 is 0 Å². The summed E-state index contributed by atoms with van der Waals surface area (Å²) in [6.45, 7) is 1.74. The van der Waals surface area contributed by atoms with Crippen LogP contribution in [0.4, 0.5) is 0 Å². The highest BCUT2D eigenvalue weighted by atomic mass is 32.2. The molecule has 2 heterocycles. The summed E-state index contributed by atoms with van der Waals surface area (Å²) in [6.07, 6.45) is 1.76. The van der Waals surface area contributed by atoms with Gasteiger partial charge in [0.1, 0.15) is 0 Å². The van der Waals surface area contributed by atoms with Crippen LogP contribution in [-0.4, -0.2) is 68.2 Å². The molecule has 0 spiro atoms. The van der Waals surface area contributed by atoms with Gasteiger partial charge in [0.15, 0.2) is 0 Å². The van der Waals surface area contributed by atoms with Crippen molar-refractivity contribution in [2.75, 3.05) is 32.5 Å². The first-order chi connectivity index (χ1) is 10.5. The second-order valence-electron chi connectivity index (χ2n) is 5.76. The second-order valence-corrected chi connectivity index (χ2v) is 7.69. The predicted octanol–water partition coefficient (Wildman–Crippen LogP) is 0.561. The fraction of sp³-hybridized carbons (Fsp3) is 0.533. The molecule has 6 nitrogen and oxygen atoms in total. The maximum Gasteiger partial charge on any atom is 0.253 e. The molecule has 22 heavy (non-hydrogen) atoms. The summed E-state index contributed by atoms with van der Waals surface area (Å²) in [4.78, 5) is 14.3. The monoisotopic (exact) mass is 324 g/mol. The maximum absolute atomic E-state index is 12.5. The summed E-state index contributed by atoms with van der Waals surface area (Å²) in [5.74, 6) is -0.0573. The van der Waals surface area contributed by atoms with Crippen LogP contribution in [0.2, 0.25) is 0 Å². The number of likely N-dealkylation sites (tertiary alicyclic amines) is 1. The molecule has 0 radical (unpaired) electrons. The molecule has 0 saturated carbocycles. The molecule has 0 N–H and O–H groups in total. The fourth-order valence-corrected chi connectivity index (χ4v) is 4.30. The number of morpholine rings is 1. The van der Waals surface area contributed by atoms with Crippen molar-refractivity contribution in [3.8, 4) is 0 Å². The number of benzene rings is 1. The second kappa shape index (κ2) is 5.98. The lowest BCUT2D eigenvalue weighted by molar-refractivity contribution is -0.0704. The molecule has 1 aromatic carbocycles. The highest BCUT2D eigenvalue weighted by Gasteiger charge is 2.42. The first-order valence-electron chi connectivity index (χ1n) is 7.39. The van der Waals surface area contributed by atoms with E-state index in [-0.39, 0.29) is 18.1 Å². The Hall–Kier alpha value is -1.44. The fourth-order valence-electron chi connectivity index (χ4n) is 3.20. The number of piperidine rings is 1. The number of carbonyl (C=O) groups excluding carboxylic acids is 1. The highest BCUT2D eigenvalue weighted by molar-refractivity contribution is 7.88. The van der Waals surface area contributed by atoms with Gasteiger partial charge in [-0.1, -0.05) is 18.2 Å². The van der Waals surface area contributed by atoms with Crippen LogP contribution in [0.3, 0.4) is 0 Å². The average molecular weight is 324 g/mol. The summed E-state index contributed by atoms with van der Waals surface area (Å²) in [6, 6.07) is 8.79. The Kier molecular flexibility index (Phi) is 4.20. The number of amides is 1. The summed E-state index contributed by atoms with van der Waals surface area (Å²) in [5, 5.41) is 0. The van der Waals surface area contributed by atoms with Gasteiger partial charge in [0.05, 0.1) is 25.0 Å². The predicted molar refractivity (Wildman–Crippen MR) is 82.0 cm³/mol. The van der Waals surface area contributed by atoms with Gasteiger partial charge in [-0.3, -0.25) is 4.79 Å². The van der Waals surface area contributed by atoms with Crippen molar-refractivity contribution in [2.45, 2.75) is 18.6 Å².